The molecular weight excluding hydrogens is 310 g/mol. The number of hydrogen-bond acceptors (Lipinski definition) is 3. The Morgan fingerprint density at radius 2 is 1.96 bits per heavy atom. The van der Waals surface area contributed by atoms with Crippen LogP contribution < -0.4 is 5.32 Å². The van der Waals surface area contributed by atoms with Crippen LogP contribution in [0.15, 0.2) is 54.9 Å². The minimum absolute atomic E-state index is 0.307. The molecule has 0 radical (unpaired) electrons. The number of carbonyl (C=O) groups is 1. The van der Waals surface area contributed by atoms with E-state index < -0.39 is 0 Å². The fraction of sp³-hybridized carbons (Fsp3) is 0.429. The van der Waals surface area contributed by atoms with Crippen LogP contribution in [0.5, 0.6) is 0 Å². The van der Waals surface area contributed by atoms with Crippen LogP contribution in [0, 0.1) is 0 Å². The third-order valence-electron chi connectivity index (χ3n) is 5.02. The van der Waals surface area contributed by atoms with Crippen molar-refractivity contribution in [3.63, 3.8) is 0 Å². The van der Waals surface area contributed by atoms with E-state index in [0.717, 1.165) is 32.5 Å². The van der Waals surface area contributed by atoms with Gasteiger partial charge in [-0.15, -0.1) is 0 Å². The average Bonchev–Trinajstić information content (AvgIpc) is 3.00. The van der Waals surface area contributed by atoms with Crippen LogP contribution in [0.3, 0.4) is 0 Å². The Labute approximate surface area is 150 Å². The van der Waals surface area contributed by atoms with Gasteiger partial charge < -0.3 is 10.2 Å². The molecule has 0 spiro atoms. The lowest BCUT2D eigenvalue weighted by atomic mass is 10.00. The summed E-state index contributed by atoms with van der Waals surface area (Å²) in [6, 6.07) is 14.9. The summed E-state index contributed by atoms with van der Waals surface area (Å²) in [4.78, 5) is 18.4. The molecule has 1 aliphatic rings. The predicted octanol–water partition coefficient (Wildman–Crippen LogP) is 3.36. The van der Waals surface area contributed by atoms with E-state index in [1.165, 1.54) is 11.1 Å². The minimum Gasteiger partial charge on any atom is -0.339 e. The van der Waals surface area contributed by atoms with Gasteiger partial charge in [0.25, 0.3) is 0 Å². The normalized spacial score (nSPS) is 18.5. The predicted molar refractivity (Wildman–Crippen MR) is 100 cm³/mol. The maximum absolute atomic E-state index is 12.3. The van der Waals surface area contributed by atoms with Gasteiger partial charge in [-0.3, -0.25) is 9.78 Å². The van der Waals surface area contributed by atoms with E-state index in [9.17, 15) is 4.79 Å². The van der Waals surface area contributed by atoms with Crippen molar-refractivity contribution in [2.75, 3.05) is 13.1 Å². The van der Waals surface area contributed by atoms with Crippen molar-refractivity contribution in [1.82, 2.24) is 15.2 Å². The molecule has 1 amide bonds. The molecule has 1 aliphatic heterocycles. The van der Waals surface area contributed by atoms with Crippen LogP contribution in [-0.4, -0.2) is 34.9 Å². The van der Waals surface area contributed by atoms with Gasteiger partial charge in [-0.25, -0.2) is 0 Å². The first-order valence-electron chi connectivity index (χ1n) is 9.18. The van der Waals surface area contributed by atoms with Gasteiger partial charge in [-0.2, -0.15) is 0 Å². The zero-order valence-electron chi connectivity index (χ0n) is 14.9. The summed E-state index contributed by atoms with van der Waals surface area (Å²) in [7, 11) is 0. The number of nitrogens with one attached hydrogen (secondary N) is 1. The summed E-state index contributed by atoms with van der Waals surface area (Å²) in [6.07, 6.45) is 6.32. The van der Waals surface area contributed by atoms with Crippen LogP contribution in [-0.2, 0) is 11.3 Å². The molecule has 2 atom stereocenters. The average molecular weight is 337 g/mol. The number of pyridine rings is 1. The molecule has 0 aliphatic carbocycles. The standard InChI is InChI=1S/C21H27N3O/c1-17(19-5-3-2-4-6-19)16-24-20(7-8-21(24)25)11-14-23-15-18-9-12-22-13-10-18/h2-6,9-10,12-13,17,20,23H,7-8,11,14-16H2,1H3/t17-,20+/m1/s1. The molecular formula is C21H27N3O. The number of likely N-dealkylation sites (tertiary alicyclic amines) is 1. The third-order valence-corrected chi connectivity index (χ3v) is 5.02. The highest BCUT2D eigenvalue weighted by atomic mass is 16.2. The van der Waals surface area contributed by atoms with Crippen LogP contribution in [0.2, 0.25) is 0 Å². The summed E-state index contributed by atoms with van der Waals surface area (Å²) >= 11 is 0. The van der Waals surface area contributed by atoms with E-state index in [1.54, 1.807) is 0 Å². The maximum Gasteiger partial charge on any atom is 0.222 e. The van der Waals surface area contributed by atoms with Gasteiger partial charge in [-0.1, -0.05) is 37.3 Å². The van der Waals surface area contributed by atoms with E-state index in [-0.39, 0.29) is 0 Å². The molecule has 0 unspecified atom stereocenters. The zero-order chi connectivity index (χ0) is 17.5. The molecule has 3 rings (SSSR count). The van der Waals surface area contributed by atoms with E-state index in [4.69, 9.17) is 0 Å². The molecule has 1 N–H and O–H groups in total. The lowest BCUT2D eigenvalue weighted by Gasteiger charge is -2.28. The van der Waals surface area contributed by atoms with Gasteiger partial charge in [-0.05, 0) is 48.6 Å². The number of nitrogens with zero attached hydrogens (tertiary/aromatic N) is 2. The molecule has 0 bridgehead atoms. The van der Waals surface area contributed by atoms with E-state index in [1.807, 2.05) is 30.6 Å². The summed E-state index contributed by atoms with van der Waals surface area (Å²) < 4.78 is 0. The summed E-state index contributed by atoms with van der Waals surface area (Å²) in [5, 5.41) is 3.48. The van der Waals surface area contributed by atoms with Gasteiger partial charge >= 0.3 is 0 Å². The van der Waals surface area contributed by atoms with Crippen LogP contribution in [0.4, 0.5) is 0 Å². The first-order valence-corrected chi connectivity index (χ1v) is 9.18. The van der Waals surface area contributed by atoms with Gasteiger partial charge in [0.15, 0.2) is 0 Å². The topological polar surface area (TPSA) is 45.2 Å². The molecule has 4 nitrogen and oxygen atoms in total. The number of amides is 1. The molecule has 25 heavy (non-hydrogen) atoms. The lowest BCUT2D eigenvalue weighted by Crippen LogP contribution is -2.37. The molecule has 2 aromatic rings. The molecule has 1 saturated heterocycles. The van der Waals surface area contributed by atoms with Crippen LogP contribution >= 0.6 is 0 Å². The summed E-state index contributed by atoms with van der Waals surface area (Å²) in [5.74, 6) is 0.678. The molecule has 2 heterocycles. The number of carbonyl (C=O) groups excluding carboxylic acids is 1. The second-order valence-electron chi connectivity index (χ2n) is 6.87. The molecule has 1 aromatic carbocycles. The van der Waals surface area contributed by atoms with Crippen molar-refractivity contribution >= 4 is 5.91 Å². The van der Waals surface area contributed by atoms with Crippen molar-refractivity contribution in [2.24, 2.45) is 0 Å². The van der Waals surface area contributed by atoms with Crippen LogP contribution in [0.1, 0.15) is 43.2 Å². The molecule has 1 aromatic heterocycles. The van der Waals surface area contributed by atoms with E-state index in [2.05, 4.69) is 46.4 Å². The number of benzene rings is 1. The SMILES string of the molecule is C[C@H](CN1C(=O)CC[C@H]1CCNCc1ccncc1)c1ccccc1. The van der Waals surface area contributed by atoms with Crippen molar-refractivity contribution in [2.45, 2.75) is 44.7 Å². The highest BCUT2D eigenvalue weighted by Crippen LogP contribution is 2.25. The first kappa shape index (κ1) is 17.6. The van der Waals surface area contributed by atoms with E-state index >= 15 is 0 Å². The number of hydrogen-bond donors (Lipinski definition) is 1. The second kappa shape index (κ2) is 8.77. The second-order valence-corrected chi connectivity index (χ2v) is 6.87. The minimum atomic E-state index is 0.307. The Morgan fingerprint density at radius 1 is 1.20 bits per heavy atom. The fourth-order valence-corrected chi connectivity index (χ4v) is 3.53. The van der Waals surface area contributed by atoms with E-state index in [0.29, 0.717) is 24.3 Å². The Hall–Kier alpha value is -2.20. The molecule has 1 fully saturated rings. The molecule has 4 heteroatoms. The quantitative estimate of drug-likeness (QED) is 0.751. The van der Waals surface area contributed by atoms with Gasteiger partial charge in [0.2, 0.25) is 5.91 Å². The van der Waals surface area contributed by atoms with Crippen molar-refractivity contribution in [3.8, 4) is 0 Å². The van der Waals surface area contributed by atoms with Crippen LogP contribution in [0.25, 0.3) is 0 Å². The Balaban J connectivity index is 1.48. The third kappa shape index (κ3) is 4.89. The monoisotopic (exact) mass is 337 g/mol. The molecule has 0 saturated carbocycles. The Kier molecular flexibility index (Phi) is 6.18. The summed E-state index contributed by atoms with van der Waals surface area (Å²) in [6.45, 7) is 4.80. The molecule has 132 valence electrons. The smallest absolute Gasteiger partial charge is 0.222 e. The highest BCUT2D eigenvalue weighted by molar-refractivity contribution is 5.78. The number of rotatable bonds is 8. The number of aromatic nitrogens is 1. The fourth-order valence-electron chi connectivity index (χ4n) is 3.53. The van der Waals surface area contributed by atoms with Gasteiger partial charge in [0, 0.05) is 37.9 Å². The summed E-state index contributed by atoms with van der Waals surface area (Å²) in [5.41, 5.74) is 2.55. The van der Waals surface area contributed by atoms with Crippen molar-refractivity contribution in [1.29, 1.82) is 0 Å². The van der Waals surface area contributed by atoms with Crippen molar-refractivity contribution in [3.05, 3.63) is 66.0 Å². The maximum atomic E-state index is 12.3. The Morgan fingerprint density at radius 3 is 2.72 bits per heavy atom. The largest absolute Gasteiger partial charge is 0.339 e. The van der Waals surface area contributed by atoms with Gasteiger partial charge in [0.05, 0.1) is 0 Å². The first-order chi connectivity index (χ1) is 12.2. The van der Waals surface area contributed by atoms with Crippen molar-refractivity contribution < 1.29 is 4.79 Å². The lowest BCUT2D eigenvalue weighted by molar-refractivity contribution is -0.129. The van der Waals surface area contributed by atoms with Gasteiger partial charge in [0.1, 0.15) is 0 Å². The highest BCUT2D eigenvalue weighted by Gasteiger charge is 2.31. The Bertz CT molecular complexity index is 659. The zero-order valence-corrected chi connectivity index (χ0v) is 14.9.